The molecule has 3 aromatic rings. The fourth-order valence-electron chi connectivity index (χ4n) is 6.61. The Labute approximate surface area is 223 Å². The Morgan fingerprint density at radius 2 is 1.78 bits per heavy atom. The van der Waals surface area contributed by atoms with Gasteiger partial charge in [0.05, 0.1) is 29.1 Å². The van der Waals surface area contributed by atoms with E-state index >= 15 is 0 Å². The minimum Gasteiger partial charge on any atom is -0.379 e. The van der Waals surface area contributed by atoms with Crippen molar-refractivity contribution in [3.8, 4) is 11.3 Å². The van der Waals surface area contributed by atoms with Crippen LogP contribution in [-0.2, 0) is 17.7 Å². The van der Waals surface area contributed by atoms with Crippen LogP contribution in [0.1, 0.15) is 48.8 Å². The molecule has 3 saturated heterocycles. The number of likely N-dealkylation sites (tertiary alicyclic amines) is 1. The highest BCUT2D eigenvalue weighted by Crippen LogP contribution is 2.39. The van der Waals surface area contributed by atoms with Crippen molar-refractivity contribution in [3.05, 3.63) is 46.3 Å². The van der Waals surface area contributed by atoms with E-state index in [9.17, 15) is 0 Å². The highest BCUT2D eigenvalue weighted by atomic mass is 32.1. The topological polar surface area (TPSA) is 44.7 Å². The minimum atomic E-state index is 0.715. The lowest BCUT2D eigenvalue weighted by molar-refractivity contribution is 0.000265. The maximum Gasteiger partial charge on any atom is 0.226 e. The lowest BCUT2D eigenvalue weighted by Crippen LogP contribution is -2.48. The highest BCUT2D eigenvalue weighted by Gasteiger charge is 2.27. The Kier molecular flexibility index (Phi) is 6.71. The van der Waals surface area contributed by atoms with Crippen molar-refractivity contribution in [1.29, 1.82) is 0 Å². The summed E-state index contributed by atoms with van der Waals surface area (Å²) in [4.78, 5) is 18.2. The third-order valence-electron chi connectivity index (χ3n) is 8.70. The van der Waals surface area contributed by atoms with E-state index in [0.29, 0.717) is 6.04 Å². The first-order chi connectivity index (χ1) is 18.3. The first-order valence-electron chi connectivity index (χ1n) is 14.2. The van der Waals surface area contributed by atoms with Crippen LogP contribution in [0.25, 0.3) is 27.6 Å². The van der Waals surface area contributed by atoms with Crippen LogP contribution in [0.3, 0.4) is 0 Å². The van der Waals surface area contributed by atoms with Gasteiger partial charge in [-0.15, -0.1) is 11.3 Å². The molecule has 0 N–H and O–H groups in total. The van der Waals surface area contributed by atoms with Crippen molar-refractivity contribution < 1.29 is 4.74 Å². The molecule has 3 aliphatic heterocycles. The molecule has 1 aliphatic carbocycles. The number of rotatable bonds is 5. The molecule has 7 heteroatoms. The van der Waals surface area contributed by atoms with E-state index in [-0.39, 0.29) is 0 Å². The number of allylic oxidation sites excluding steroid dienone is 1. The molecule has 0 unspecified atom stereocenters. The smallest absolute Gasteiger partial charge is 0.226 e. The maximum atomic E-state index is 5.57. The molecule has 194 valence electrons. The summed E-state index contributed by atoms with van der Waals surface area (Å²) < 4.78 is 6.82. The van der Waals surface area contributed by atoms with Gasteiger partial charge in [0.1, 0.15) is 0 Å². The van der Waals surface area contributed by atoms with Gasteiger partial charge >= 0.3 is 0 Å². The predicted molar refractivity (Wildman–Crippen MR) is 152 cm³/mol. The molecule has 6 nitrogen and oxygen atoms in total. The summed E-state index contributed by atoms with van der Waals surface area (Å²) in [6, 6.07) is 7.42. The van der Waals surface area contributed by atoms with Crippen LogP contribution >= 0.6 is 11.3 Å². The second-order valence-electron chi connectivity index (χ2n) is 11.0. The van der Waals surface area contributed by atoms with E-state index in [1.54, 1.807) is 0 Å². The molecule has 1 aromatic carbocycles. The largest absolute Gasteiger partial charge is 0.379 e. The fraction of sp³-hybridized carbons (Fsp3) is 0.533. The number of thiophene rings is 1. The molecule has 4 aliphatic rings. The Bertz CT molecular complexity index is 1280. The monoisotopic (exact) mass is 515 g/mol. The zero-order valence-electron chi connectivity index (χ0n) is 21.7. The van der Waals surface area contributed by atoms with Crippen LogP contribution < -0.4 is 4.90 Å². The number of benzene rings is 1. The molecule has 37 heavy (non-hydrogen) atoms. The molecule has 0 saturated carbocycles. The van der Waals surface area contributed by atoms with Crippen LogP contribution in [0.5, 0.6) is 0 Å². The summed E-state index contributed by atoms with van der Waals surface area (Å²) in [5, 5.41) is 2.36. The van der Waals surface area contributed by atoms with Gasteiger partial charge in [-0.1, -0.05) is 30.4 Å². The molecule has 0 bridgehead atoms. The molecule has 0 radical (unpaired) electrons. The second kappa shape index (κ2) is 10.4. The summed E-state index contributed by atoms with van der Waals surface area (Å²) in [6.45, 7) is 9.40. The van der Waals surface area contributed by atoms with Crippen LogP contribution in [0.2, 0.25) is 0 Å². The number of morpholine rings is 1. The van der Waals surface area contributed by atoms with Gasteiger partial charge in [0, 0.05) is 49.9 Å². The number of nitrogens with zero attached hydrogens (tertiary/aromatic N) is 5. The van der Waals surface area contributed by atoms with Crippen molar-refractivity contribution >= 4 is 33.6 Å². The van der Waals surface area contributed by atoms with Crippen LogP contribution in [0.4, 0.5) is 5.95 Å². The third-order valence-corrected chi connectivity index (χ3v) is 9.73. The van der Waals surface area contributed by atoms with Gasteiger partial charge < -0.3 is 9.64 Å². The van der Waals surface area contributed by atoms with Gasteiger partial charge in [-0.3, -0.25) is 9.80 Å². The first kappa shape index (κ1) is 23.8. The molecule has 5 heterocycles. The van der Waals surface area contributed by atoms with Gasteiger partial charge in [0.15, 0.2) is 0 Å². The predicted octanol–water partition coefficient (Wildman–Crippen LogP) is 5.21. The number of anilines is 1. The summed E-state index contributed by atoms with van der Waals surface area (Å²) in [7, 11) is 0. The number of ether oxygens (including phenoxy) is 1. The van der Waals surface area contributed by atoms with Gasteiger partial charge in [-0.2, -0.15) is 0 Å². The van der Waals surface area contributed by atoms with Gasteiger partial charge in [-0.25, -0.2) is 9.97 Å². The third kappa shape index (κ3) is 4.71. The molecule has 3 fully saturated rings. The molecular weight excluding hydrogens is 478 g/mol. The standard InChI is InChI=1S/C30H37N5OS/c1-2-12-35(13-3-1)30-31-27-23(20-33-14-10-24(11-15-33)34-16-18-36-19-17-34)21-37-29(27)28(32-30)26-9-5-7-22-6-4-8-25(22)26/h4-5,7-9,21,24H,1-3,6,10-20H2. The number of piperidine rings is 2. The van der Waals surface area contributed by atoms with E-state index in [1.165, 1.54) is 64.6 Å². The fourth-order valence-corrected chi connectivity index (χ4v) is 7.61. The molecule has 0 atom stereocenters. The van der Waals surface area contributed by atoms with Crippen LogP contribution in [0.15, 0.2) is 29.7 Å². The average Bonchev–Trinajstić information content (AvgIpc) is 3.61. The van der Waals surface area contributed by atoms with Crippen molar-refractivity contribution in [2.75, 3.05) is 57.4 Å². The van der Waals surface area contributed by atoms with E-state index in [0.717, 1.165) is 77.1 Å². The number of hydrogen-bond acceptors (Lipinski definition) is 7. The maximum absolute atomic E-state index is 5.57. The van der Waals surface area contributed by atoms with E-state index in [1.807, 2.05) is 11.3 Å². The second-order valence-corrected chi connectivity index (χ2v) is 11.9. The van der Waals surface area contributed by atoms with Crippen molar-refractivity contribution in [2.24, 2.45) is 0 Å². The summed E-state index contributed by atoms with van der Waals surface area (Å²) in [5.74, 6) is 0.924. The van der Waals surface area contributed by atoms with Gasteiger partial charge in [-0.05, 0) is 68.1 Å². The van der Waals surface area contributed by atoms with E-state index in [2.05, 4.69) is 50.4 Å². The summed E-state index contributed by atoms with van der Waals surface area (Å²) in [5.41, 5.74) is 7.67. The molecular formula is C30H37N5OS. The van der Waals surface area contributed by atoms with E-state index in [4.69, 9.17) is 14.7 Å². The molecule has 2 aromatic heterocycles. The SMILES string of the molecule is C1=Cc2c(cccc2-c2nc(N3CCCCC3)nc3c(CN4CCC(N5CCOCC5)CC4)csc23)C1. The Morgan fingerprint density at radius 1 is 0.946 bits per heavy atom. The van der Waals surface area contributed by atoms with Crippen LogP contribution in [0, 0.1) is 0 Å². The number of aromatic nitrogens is 2. The van der Waals surface area contributed by atoms with Gasteiger partial charge in [0.2, 0.25) is 5.95 Å². The van der Waals surface area contributed by atoms with Crippen molar-refractivity contribution in [1.82, 2.24) is 19.8 Å². The minimum absolute atomic E-state index is 0.715. The Hall–Kier alpha value is -2.32. The zero-order chi connectivity index (χ0) is 24.6. The first-order valence-corrected chi connectivity index (χ1v) is 15.1. The zero-order valence-corrected chi connectivity index (χ0v) is 22.5. The lowest BCUT2D eigenvalue weighted by atomic mass is 10.00. The van der Waals surface area contributed by atoms with Crippen LogP contribution in [-0.4, -0.2) is 78.3 Å². The number of fused-ring (bicyclic) bond motifs is 2. The molecule has 0 amide bonds. The lowest BCUT2D eigenvalue weighted by Gasteiger charge is -2.40. The number of hydrogen-bond donors (Lipinski definition) is 0. The Balaban J connectivity index is 1.20. The normalized spacial score (nSPS) is 21.7. The summed E-state index contributed by atoms with van der Waals surface area (Å²) >= 11 is 1.83. The van der Waals surface area contributed by atoms with E-state index < -0.39 is 0 Å². The van der Waals surface area contributed by atoms with Crippen molar-refractivity contribution in [2.45, 2.75) is 51.1 Å². The average molecular weight is 516 g/mol. The quantitative estimate of drug-likeness (QED) is 0.465. The molecule has 7 rings (SSSR count). The van der Waals surface area contributed by atoms with Gasteiger partial charge in [0.25, 0.3) is 0 Å². The Morgan fingerprint density at radius 3 is 2.62 bits per heavy atom. The molecule has 0 spiro atoms. The van der Waals surface area contributed by atoms with Crippen molar-refractivity contribution in [3.63, 3.8) is 0 Å². The summed E-state index contributed by atoms with van der Waals surface area (Å²) in [6.07, 6.45) is 11.9. The highest BCUT2D eigenvalue weighted by molar-refractivity contribution is 7.17.